The zero-order chi connectivity index (χ0) is 23.8. The Labute approximate surface area is 197 Å². The Morgan fingerprint density at radius 1 is 1.09 bits per heavy atom. The first-order valence-corrected chi connectivity index (χ1v) is 11.6. The molecule has 1 saturated heterocycles. The molecule has 1 N–H and O–H groups in total. The number of carbonyl (C=O) groups is 3. The van der Waals surface area contributed by atoms with Gasteiger partial charge in [0, 0.05) is 26.6 Å². The molecule has 0 aromatic heterocycles. The van der Waals surface area contributed by atoms with E-state index in [0.717, 1.165) is 18.4 Å². The summed E-state index contributed by atoms with van der Waals surface area (Å²) < 4.78 is 14.0. The third kappa shape index (κ3) is 3.93. The Kier molecular flexibility index (Phi) is 5.81. The highest BCUT2D eigenvalue weighted by molar-refractivity contribution is 6.03. The van der Waals surface area contributed by atoms with Gasteiger partial charge >= 0.3 is 6.03 Å². The molecule has 2 unspecified atom stereocenters. The van der Waals surface area contributed by atoms with Crippen molar-refractivity contribution in [2.75, 3.05) is 26.7 Å². The minimum Gasteiger partial charge on any atom is -0.341 e. The fourth-order valence-corrected chi connectivity index (χ4v) is 5.09. The van der Waals surface area contributed by atoms with Gasteiger partial charge in [0.15, 0.2) is 0 Å². The van der Waals surface area contributed by atoms with E-state index in [0.29, 0.717) is 36.3 Å². The van der Waals surface area contributed by atoms with E-state index in [1.807, 2.05) is 35.2 Å². The van der Waals surface area contributed by atoms with Crippen LogP contribution in [0.25, 0.3) is 0 Å². The first-order valence-electron chi connectivity index (χ1n) is 11.6. The summed E-state index contributed by atoms with van der Waals surface area (Å²) in [5.41, 5.74) is 2.40. The smallest absolute Gasteiger partial charge is 0.322 e. The zero-order valence-electron chi connectivity index (χ0n) is 19.0. The monoisotopic (exact) mass is 462 g/mol. The minimum absolute atomic E-state index is 0.0706. The van der Waals surface area contributed by atoms with E-state index in [1.54, 1.807) is 24.1 Å². The molecule has 1 fully saturated rings. The number of hydrogen-bond donors (Lipinski definition) is 1. The highest BCUT2D eigenvalue weighted by atomic mass is 19.1. The molecule has 3 aliphatic heterocycles. The first kappa shape index (κ1) is 22.1. The number of nitrogens with zero attached hydrogens (tertiary/aromatic N) is 3. The second kappa shape index (κ2) is 8.93. The van der Waals surface area contributed by atoms with Crippen LogP contribution < -0.4 is 5.32 Å². The zero-order valence-corrected chi connectivity index (χ0v) is 19.0. The summed E-state index contributed by atoms with van der Waals surface area (Å²) in [7, 11) is 1.61. The van der Waals surface area contributed by atoms with Crippen LogP contribution in [0.4, 0.5) is 9.18 Å². The number of rotatable bonds is 5. The van der Waals surface area contributed by atoms with Gasteiger partial charge in [-0.3, -0.25) is 14.5 Å². The number of nitrogens with one attached hydrogen (secondary N) is 1. The van der Waals surface area contributed by atoms with Gasteiger partial charge in [-0.05, 0) is 36.1 Å². The van der Waals surface area contributed by atoms with E-state index in [4.69, 9.17) is 0 Å². The number of carbonyl (C=O) groups excluding carboxylic acids is 3. The van der Waals surface area contributed by atoms with Gasteiger partial charge in [-0.2, -0.15) is 0 Å². The summed E-state index contributed by atoms with van der Waals surface area (Å²) in [6.45, 7) is 1.53. The summed E-state index contributed by atoms with van der Waals surface area (Å²) >= 11 is 0. The molecule has 5 rings (SSSR count). The number of urea groups is 1. The van der Waals surface area contributed by atoms with Gasteiger partial charge in [-0.15, -0.1) is 0 Å². The predicted octanol–water partition coefficient (Wildman–Crippen LogP) is 2.85. The second-order valence-corrected chi connectivity index (χ2v) is 9.03. The van der Waals surface area contributed by atoms with Crippen molar-refractivity contribution >= 4 is 17.8 Å². The minimum atomic E-state index is -0.772. The van der Waals surface area contributed by atoms with Crippen molar-refractivity contribution in [2.24, 2.45) is 0 Å². The summed E-state index contributed by atoms with van der Waals surface area (Å²) in [6, 6.07) is 13.7. The lowest BCUT2D eigenvalue weighted by Gasteiger charge is -2.31. The Morgan fingerprint density at radius 3 is 2.53 bits per heavy atom. The predicted molar refractivity (Wildman–Crippen MR) is 124 cm³/mol. The van der Waals surface area contributed by atoms with Crippen LogP contribution in [0.5, 0.6) is 0 Å². The van der Waals surface area contributed by atoms with Crippen molar-refractivity contribution in [2.45, 2.75) is 31.3 Å². The Balaban J connectivity index is 1.51. The van der Waals surface area contributed by atoms with Crippen LogP contribution in [0, 0.1) is 5.82 Å². The lowest BCUT2D eigenvalue weighted by Crippen LogP contribution is -2.50. The summed E-state index contributed by atoms with van der Waals surface area (Å²) in [6.07, 6.45) is 2.29. The van der Waals surface area contributed by atoms with Crippen LogP contribution in [0.2, 0.25) is 0 Å². The quantitative estimate of drug-likeness (QED) is 0.743. The highest BCUT2D eigenvalue weighted by Gasteiger charge is 2.47. The van der Waals surface area contributed by atoms with Crippen molar-refractivity contribution < 1.29 is 18.8 Å². The van der Waals surface area contributed by atoms with E-state index in [1.165, 1.54) is 17.0 Å². The molecule has 0 aliphatic carbocycles. The second-order valence-electron chi connectivity index (χ2n) is 9.03. The van der Waals surface area contributed by atoms with E-state index < -0.39 is 17.9 Å². The Morgan fingerprint density at radius 2 is 1.82 bits per heavy atom. The summed E-state index contributed by atoms with van der Waals surface area (Å²) in [5.74, 6) is -0.815. The van der Waals surface area contributed by atoms with Gasteiger partial charge in [-0.25, -0.2) is 9.18 Å². The van der Waals surface area contributed by atoms with Crippen LogP contribution in [0.15, 0.2) is 65.9 Å². The molecule has 7 nitrogen and oxygen atoms in total. The maximum Gasteiger partial charge on any atom is 0.322 e. The molecule has 0 spiro atoms. The van der Waals surface area contributed by atoms with E-state index >= 15 is 0 Å². The van der Waals surface area contributed by atoms with E-state index in [2.05, 4.69) is 5.32 Å². The van der Waals surface area contributed by atoms with Gasteiger partial charge in [0.1, 0.15) is 11.9 Å². The molecule has 4 amide bonds. The van der Waals surface area contributed by atoms with Crippen molar-refractivity contribution in [3.05, 3.63) is 82.8 Å². The maximum atomic E-state index is 14.0. The van der Waals surface area contributed by atoms with Gasteiger partial charge in [0.2, 0.25) is 5.91 Å². The van der Waals surface area contributed by atoms with E-state index in [9.17, 15) is 18.8 Å². The Hall–Kier alpha value is -3.68. The molecule has 34 heavy (non-hydrogen) atoms. The topological polar surface area (TPSA) is 73.0 Å². The molecule has 0 radical (unpaired) electrons. The number of amides is 4. The average molecular weight is 463 g/mol. The number of likely N-dealkylation sites (tertiary alicyclic amines) is 1. The van der Waals surface area contributed by atoms with E-state index in [-0.39, 0.29) is 24.4 Å². The van der Waals surface area contributed by atoms with Gasteiger partial charge in [-0.1, -0.05) is 42.5 Å². The largest absolute Gasteiger partial charge is 0.341 e. The third-order valence-corrected chi connectivity index (χ3v) is 6.92. The number of likely N-dealkylation sites (N-methyl/N-ethyl adjacent to an activating group) is 1. The van der Waals surface area contributed by atoms with Crippen molar-refractivity contribution in [3.8, 4) is 0 Å². The molecule has 0 bridgehead atoms. The van der Waals surface area contributed by atoms with Gasteiger partial charge in [0.05, 0.1) is 23.9 Å². The van der Waals surface area contributed by atoms with Crippen LogP contribution in [0.1, 0.15) is 30.0 Å². The first-order chi connectivity index (χ1) is 16.4. The average Bonchev–Trinajstić information content (AvgIpc) is 3.49. The molecular formula is C26H27FN4O3. The third-order valence-electron chi connectivity index (χ3n) is 6.92. The Bertz CT molecular complexity index is 1160. The van der Waals surface area contributed by atoms with Crippen molar-refractivity contribution in [1.29, 1.82) is 0 Å². The van der Waals surface area contributed by atoms with Crippen molar-refractivity contribution in [3.63, 3.8) is 0 Å². The fourth-order valence-electron chi connectivity index (χ4n) is 5.09. The molecule has 2 aromatic rings. The normalized spacial score (nSPS) is 21.1. The molecule has 176 valence electrons. The number of hydrogen-bond acceptors (Lipinski definition) is 3. The molecule has 8 heteroatoms. The lowest BCUT2D eigenvalue weighted by atomic mass is 9.95. The molecule has 3 aliphatic rings. The molecule has 2 aromatic carbocycles. The SMILES string of the molecule is CN1C(=O)NC(c2cccc(F)c2)C2=C1CN(C(Cc1ccccc1)C(=O)N1CCCC1)C2=O. The van der Waals surface area contributed by atoms with Crippen LogP contribution in [-0.2, 0) is 16.0 Å². The number of benzene rings is 2. The lowest BCUT2D eigenvalue weighted by molar-refractivity contribution is -0.142. The fraction of sp³-hybridized carbons (Fsp3) is 0.346. The van der Waals surface area contributed by atoms with Crippen LogP contribution in [0.3, 0.4) is 0 Å². The van der Waals surface area contributed by atoms with Crippen molar-refractivity contribution in [1.82, 2.24) is 20.0 Å². The molecule has 0 saturated carbocycles. The molecule has 3 heterocycles. The van der Waals surface area contributed by atoms with Crippen LogP contribution >= 0.6 is 0 Å². The molecule has 2 atom stereocenters. The molecular weight excluding hydrogens is 435 g/mol. The van der Waals surface area contributed by atoms with Gasteiger partial charge < -0.3 is 15.1 Å². The summed E-state index contributed by atoms with van der Waals surface area (Å²) in [5, 5.41) is 2.82. The standard InChI is InChI=1S/C26H27FN4O3/c1-29-21-16-31(20(14-17-8-3-2-4-9-17)24(32)30-12-5-6-13-30)25(33)22(21)23(28-26(29)34)18-10-7-11-19(27)15-18/h2-4,7-11,15,20,23H,5-6,12-14,16H2,1H3,(H,28,34). The maximum absolute atomic E-state index is 14.0. The highest BCUT2D eigenvalue weighted by Crippen LogP contribution is 2.37. The van der Waals surface area contributed by atoms with Crippen LogP contribution in [-0.4, -0.2) is 65.3 Å². The number of halogens is 1. The van der Waals surface area contributed by atoms with Gasteiger partial charge in [0.25, 0.3) is 5.91 Å². The summed E-state index contributed by atoms with van der Waals surface area (Å²) in [4.78, 5) is 45.0.